The molecule has 1 aliphatic heterocycles. The minimum atomic E-state index is -0.500. The van der Waals surface area contributed by atoms with Crippen molar-refractivity contribution in [3.8, 4) is 11.6 Å². The van der Waals surface area contributed by atoms with E-state index in [0.717, 1.165) is 22.6 Å². The molecule has 0 aliphatic carbocycles. The number of hydrogen-bond acceptors (Lipinski definition) is 6. The first-order valence-corrected chi connectivity index (χ1v) is 10.2. The molecular formula is C23H22N6O2. The van der Waals surface area contributed by atoms with Crippen LogP contribution in [0.15, 0.2) is 54.9 Å². The molecule has 1 aliphatic rings. The largest absolute Gasteiger partial charge is 0.373 e. The van der Waals surface area contributed by atoms with Crippen LogP contribution in [0.1, 0.15) is 40.2 Å². The number of imidazole rings is 1. The smallest absolute Gasteiger partial charge is 0.250 e. The Morgan fingerprint density at radius 2 is 2.06 bits per heavy atom. The van der Waals surface area contributed by atoms with Crippen LogP contribution < -0.4 is 11.1 Å². The summed E-state index contributed by atoms with van der Waals surface area (Å²) in [5.41, 5.74) is 9.62. The molecule has 0 fully saturated rings. The summed E-state index contributed by atoms with van der Waals surface area (Å²) in [4.78, 5) is 25.9. The average Bonchev–Trinajstić information content (AvgIpc) is 3.22. The monoisotopic (exact) mass is 414 g/mol. The molecule has 0 saturated carbocycles. The van der Waals surface area contributed by atoms with E-state index in [1.54, 1.807) is 22.7 Å². The first-order chi connectivity index (χ1) is 15.1. The molecule has 4 heterocycles. The highest BCUT2D eigenvalue weighted by molar-refractivity contribution is 5.99. The number of primary amides is 1. The summed E-state index contributed by atoms with van der Waals surface area (Å²) in [6, 6.07) is 13.6. The van der Waals surface area contributed by atoms with Crippen LogP contribution in [0.5, 0.6) is 0 Å². The van der Waals surface area contributed by atoms with Crippen molar-refractivity contribution in [2.75, 3.05) is 11.9 Å². The van der Waals surface area contributed by atoms with E-state index in [0.29, 0.717) is 42.3 Å². The fraction of sp³-hybridized carbons (Fsp3) is 0.217. The van der Waals surface area contributed by atoms with Gasteiger partial charge in [0.25, 0.3) is 5.91 Å². The SMILES string of the molecule is CC1OCCc2nc(-c3ncc4c(C(N)=O)cccn34)nc(NCc3ccccc3)c21. The maximum Gasteiger partial charge on any atom is 0.250 e. The number of pyridine rings is 1. The molecule has 8 heteroatoms. The van der Waals surface area contributed by atoms with Crippen molar-refractivity contribution < 1.29 is 9.53 Å². The van der Waals surface area contributed by atoms with Crippen LogP contribution in [0.4, 0.5) is 5.82 Å². The highest BCUT2D eigenvalue weighted by Crippen LogP contribution is 2.33. The van der Waals surface area contributed by atoms with E-state index in [-0.39, 0.29) is 6.10 Å². The van der Waals surface area contributed by atoms with Gasteiger partial charge in [-0.3, -0.25) is 9.20 Å². The molecule has 1 atom stereocenters. The summed E-state index contributed by atoms with van der Waals surface area (Å²) in [6.45, 7) is 3.25. The van der Waals surface area contributed by atoms with Crippen LogP contribution >= 0.6 is 0 Å². The van der Waals surface area contributed by atoms with Crippen molar-refractivity contribution >= 4 is 17.2 Å². The summed E-state index contributed by atoms with van der Waals surface area (Å²) >= 11 is 0. The second-order valence-electron chi connectivity index (χ2n) is 7.48. The van der Waals surface area contributed by atoms with E-state index < -0.39 is 5.91 Å². The zero-order valence-electron chi connectivity index (χ0n) is 17.1. The molecule has 1 unspecified atom stereocenters. The summed E-state index contributed by atoms with van der Waals surface area (Å²) in [7, 11) is 0. The topological polar surface area (TPSA) is 107 Å². The predicted molar refractivity (Wildman–Crippen MR) is 117 cm³/mol. The molecule has 0 radical (unpaired) electrons. The minimum absolute atomic E-state index is 0.102. The number of nitrogens with zero attached hydrogens (tertiary/aromatic N) is 4. The van der Waals surface area contributed by atoms with Crippen molar-refractivity contribution in [1.29, 1.82) is 0 Å². The van der Waals surface area contributed by atoms with Gasteiger partial charge in [-0.15, -0.1) is 0 Å². The van der Waals surface area contributed by atoms with Gasteiger partial charge in [0.15, 0.2) is 11.6 Å². The maximum absolute atomic E-state index is 11.8. The van der Waals surface area contributed by atoms with Gasteiger partial charge in [0.1, 0.15) is 5.82 Å². The first-order valence-electron chi connectivity index (χ1n) is 10.2. The Labute approximate surface area is 179 Å². The van der Waals surface area contributed by atoms with Gasteiger partial charge in [0.05, 0.1) is 35.7 Å². The summed E-state index contributed by atoms with van der Waals surface area (Å²) < 4.78 is 7.64. The second kappa shape index (κ2) is 7.81. The van der Waals surface area contributed by atoms with Crippen molar-refractivity contribution in [3.63, 3.8) is 0 Å². The number of carbonyl (C=O) groups is 1. The van der Waals surface area contributed by atoms with Gasteiger partial charge < -0.3 is 15.8 Å². The van der Waals surface area contributed by atoms with Crippen molar-refractivity contribution in [2.24, 2.45) is 5.73 Å². The Morgan fingerprint density at radius 1 is 1.23 bits per heavy atom. The van der Waals surface area contributed by atoms with Crippen LogP contribution in [0.2, 0.25) is 0 Å². The number of aromatic nitrogens is 4. The number of rotatable bonds is 5. The molecule has 3 N–H and O–H groups in total. The molecular weight excluding hydrogens is 392 g/mol. The second-order valence-corrected chi connectivity index (χ2v) is 7.48. The van der Waals surface area contributed by atoms with Crippen LogP contribution in [0, 0.1) is 0 Å². The molecule has 1 amide bonds. The van der Waals surface area contributed by atoms with Gasteiger partial charge in [-0.2, -0.15) is 0 Å². The number of nitrogens with one attached hydrogen (secondary N) is 1. The van der Waals surface area contributed by atoms with Gasteiger partial charge >= 0.3 is 0 Å². The van der Waals surface area contributed by atoms with Crippen LogP contribution in [0.3, 0.4) is 0 Å². The van der Waals surface area contributed by atoms with Gasteiger partial charge in [0, 0.05) is 24.7 Å². The van der Waals surface area contributed by atoms with E-state index in [1.807, 2.05) is 31.3 Å². The first kappa shape index (κ1) is 19.2. The Hall–Kier alpha value is -3.78. The zero-order chi connectivity index (χ0) is 21.4. The molecule has 0 spiro atoms. The number of carbonyl (C=O) groups excluding carboxylic acids is 1. The lowest BCUT2D eigenvalue weighted by atomic mass is 10.0. The van der Waals surface area contributed by atoms with Crippen LogP contribution in [-0.4, -0.2) is 31.9 Å². The van der Waals surface area contributed by atoms with Gasteiger partial charge in [0.2, 0.25) is 0 Å². The molecule has 31 heavy (non-hydrogen) atoms. The van der Waals surface area contributed by atoms with Crippen molar-refractivity contribution in [1.82, 2.24) is 19.4 Å². The summed E-state index contributed by atoms with van der Waals surface area (Å²) in [6.07, 6.45) is 4.05. The highest BCUT2D eigenvalue weighted by Gasteiger charge is 2.26. The van der Waals surface area contributed by atoms with Gasteiger partial charge in [-0.25, -0.2) is 15.0 Å². The maximum atomic E-state index is 11.8. The lowest BCUT2D eigenvalue weighted by molar-refractivity contribution is 0.0544. The lowest BCUT2D eigenvalue weighted by Crippen LogP contribution is -2.20. The fourth-order valence-corrected chi connectivity index (χ4v) is 3.96. The number of amides is 1. The molecule has 5 rings (SSSR count). The number of hydrogen-bond donors (Lipinski definition) is 2. The Kier molecular flexibility index (Phi) is 4.83. The zero-order valence-corrected chi connectivity index (χ0v) is 17.1. The van der Waals surface area contributed by atoms with Crippen molar-refractivity contribution in [3.05, 3.63) is 77.2 Å². The molecule has 0 saturated heterocycles. The molecule has 1 aromatic carbocycles. The van der Waals surface area contributed by atoms with E-state index in [9.17, 15) is 4.79 Å². The van der Waals surface area contributed by atoms with Crippen LogP contribution in [0.25, 0.3) is 17.2 Å². The quantitative estimate of drug-likeness (QED) is 0.520. The number of benzene rings is 1. The normalized spacial score (nSPS) is 15.6. The molecule has 0 bridgehead atoms. The number of nitrogens with two attached hydrogens (primary N) is 1. The van der Waals surface area contributed by atoms with Gasteiger partial charge in [-0.05, 0) is 24.6 Å². The van der Waals surface area contributed by atoms with E-state index in [2.05, 4.69) is 22.4 Å². The third-order valence-corrected chi connectivity index (χ3v) is 5.48. The predicted octanol–water partition coefficient (Wildman–Crippen LogP) is 3.14. The standard InChI is InChI=1S/C23H22N6O2/c1-14-19-17(9-11-31-14)27-22(28-21(19)25-12-15-6-3-2-4-7-15)23-26-13-18-16(20(24)30)8-5-10-29(18)23/h2-8,10,13-14H,9,11-12H2,1H3,(H2,24,30)(H,25,27,28). The van der Waals surface area contributed by atoms with E-state index >= 15 is 0 Å². The molecule has 8 nitrogen and oxygen atoms in total. The minimum Gasteiger partial charge on any atom is -0.373 e. The average molecular weight is 414 g/mol. The van der Waals surface area contributed by atoms with E-state index in [4.69, 9.17) is 20.4 Å². The number of anilines is 1. The number of fused-ring (bicyclic) bond motifs is 2. The van der Waals surface area contributed by atoms with E-state index in [1.165, 1.54) is 0 Å². The Morgan fingerprint density at radius 3 is 2.87 bits per heavy atom. The Bertz CT molecular complexity index is 1270. The lowest BCUT2D eigenvalue weighted by Gasteiger charge is -2.25. The summed E-state index contributed by atoms with van der Waals surface area (Å²) in [5.74, 6) is 1.28. The van der Waals surface area contributed by atoms with Crippen molar-refractivity contribution in [2.45, 2.75) is 26.0 Å². The number of ether oxygens (including phenoxy) is 1. The van der Waals surface area contributed by atoms with Crippen LogP contribution in [-0.2, 0) is 17.7 Å². The third kappa shape index (κ3) is 3.51. The third-order valence-electron chi connectivity index (χ3n) is 5.48. The molecule has 156 valence electrons. The summed E-state index contributed by atoms with van der Waals surface area (Å²) in [5, 5.41) is 3.46. The highest BCUT2D eigenvalue weighted by atomic mass is 16.5. The van der Waals surface area contributed by atoms with Gasteiger partial charge in [-0.1, -0.05) is 30.3 Å². The molecule has 3 aromatic heterocycles. The Balaban J connectivity index is 1.61. The fourth-order valence-electron chi connectivity index (χ4n) is 3.96. The molecule has 4 aromatic rings.